The number of halogens is 3. The van der Waals surface area contributed by atoms with Gasteiger partial charge in [0.1, 0.15) is 11.9 Å². The second-order valence-corrected chi connectivity index (χ2v) is 9.66. The van der Waals surface area contributed by atoms with Crippen LogP contribution < -0.4 is 0 Å². The van der Waals surface area contributed by atoms with Crippen LogP contribution in [0.4, 0.5) is 13.2 Å². The predicted molar refractivity (Wildman–Crippen MR) is 137 cm³/mol. The number of likely N-dealkylation sites (tertiary alicyclic amines) is 1. The number of carbonyl (C=O) groups excluding carboxylic acids is 1. The Morgan fingerprint density at radius 2 is 1.57 bits per heavy atom. The smallest absolute Gasteiger partial charge is 0.454 e. The highest BCUT2D eigenvalue weighted by atomic mass is 19.4. The number of alkyl halides is 3. The molecule has 3 heterocycles. The molecule has 1 aromatic heterocycles. The quantitative estimate of drug-likeness (QED) is 0.360. The number of ketones is 1. The summed E-state index contributed by atoms with van der Waals surface area (Å²) < 4.78 is 47.0. The molecule has 12 heteroatoms. The number of carboxylic acid groups (broad SMARTS) is 2. The molecule has 0 amide bonds. The Labute approximate surface area is 227 Å². The van der Waals surface area contributed by atoms with E-state index in [2.05, 4.69) is 28.6 Å². The zero-order chi connectivity index (χ0) is 29.0. The normalized spacial score (nSPS) is 17.6. The molecule has 2 aliphatic heterocycles. The molecule has 9 nitrogen and oxygen atoms in total. The Morgan fingerprint density at radius 3 is 2.17 bits per heavy atom. The number of aryl methyl sites for hydroxylation is 2. The number of carbonyl (C=O) groups is 3. The molecule has 2 aliphatic rings. The Hall–Kier alpha value is -4.03. The zero-order valence-corrected chi connectivity index (χ0v) is 21.6. The third kappa shape index (κ3) is 6.75. The molecule has 3 aromatic rings. The first-order chi connectivity index (χ1) is 18.9. The van der Waals surface area contributed by atoms with E-state index < -0.39 is 23.9 Å². The average molecular weight is 560 g/mol. The van der Waals surface area contributed by atoms with Gasteiger partial charge < -0.3 is 24.4 Å². The van der Waals surface area contributed by atoms with E-state index in [1.54, 1.807) is 0 Å². The standard InChI is InChI=1S/C26H26F3N3O2.C2H2O4/c1-31-13-11-20(12-14-31)34-23-21-5-3-2-4-17(21)10-15-32-16-22(30-25(23)32)18-6-8-19(9-7-18)24(33)26(27,28)29;3-1(4)2(5)6/h2-9,16,20,23H,10-15H2,1H3;(H,3,4)(H,5,6). The monoisotopic (exact) mass is 559 g/mol. The molecular weight excluding hydrogens is 531 g/mol. The topological polar surface area (TPSA) is 122 Å². The van der Waals surface area contributed by atoms with Crippen molar-refractivity contribution in [3.63, 3.8) is 0 Å². The number of benzene rings is 2. The summed E-state index contributed by atoms with van der Waals surface area (Å²) in [6, 6.07) is 13.7. The number of carboxylic acids is 2. The van der Waals surface area contributed by atoms with Gasteiger partial charge in [0.15, 0.2) is 0 Å². The van der Waals surface area contributed by atoms with Crippen molar-refractivity contribution in [1.82, 2.24) is 14.5 Å². The van der Waals surface area contributed by atoms with Crippen LogP contribution in [0.2, 0.25) is 0 Å². The lowest BCUT2D eigenvalue weighted by Gasteiger charge is -2.32. The number of aliphatic carboxylic acids is 2. The molecular formula is C28H28F3N3O6. The van der Waals surface area contributed by atoms with Gasteiger partial charge in [-0.1, -0.05) is 48.5 Å². The Morgan fingerprint density at radius 1 is 0.950 bits per heavy atom. The van der Waals surface area contributed by atoms with E-state index in [1.807, 2.05) is 18.3 Å². The van der Waals surface area contributed by atoms with E-state index in [9.17, 15) is 18.0 Å². The second-order valence-electron chi connectivity index (χ2n) is 9.66. The fourth-order valence-electron chi connectivity index (χ4n) is 4.76. The van der Waals surface area contributed by atoms with Gasteiger partial charge in [-0.2, -0.15) is 13.2 Å². The second kappa shape index (κ2) is 12.0. The molecule has 0 spiro atoms. The Kier molecular flexibility index (Phi) is 8.70. The molecule has 2 aromatic carbocycles. The van der Waals surface area contributed by atoms with Crippen LogP contribution in [0.1, 0.15) is 46.3 Å². The lowest BCUT2D eigenvalue weighted by atomic mass is 10.00. The SMILES string of the molecule is CN1CCC(OC2c3ccccc3CCn3cc(-c4ccc(C(=O)C(F)(F)F)cc4)nc32)CC1.O=C(O)C(=O)O. The number of imidazole rings is 1. The van der Waals surface area contributed by atoms with Crippen LogP contribution in [0.15, 0.2) is 54.7 Å². The van der Waals surface area contributed by atoms with E-state index >= 15 is 0 Å². The highest BCUT2D eigenvalue weighted by Crippen LogP contribution is 2.36. The van der Waals surface area contributed by atoms with Gasteiger partial charge in [-0.15, -0.1) is 0 Å². The molecule has 1 saturated heterocycles. The number of hydrogen-bond acceptors (Lipinski definition) is 6. The van der Waals surface area contributed by atoms with Crippen molar-refractivity contribution in [3.05, 3.63) is 77.2 Å². The van der Waals surface area contributed by atoms with E-state index in [1.165, 1.54) is 29.8 Å². The third-order valence-corrected chi connectivity index (χ3v) is 6.88. The maximum atomic E-state index is 12.7. The summed E-state index contributed by atoms with van der Waals surface area (Å²) in [5, 5.41) is 14.8. The highest BCUT2D eigenvalue weighted by Gasteiger charge is 2.39. The van der Waals surface area contributed by atoms with E-state index in [0.29, 0.717) is 11.3 Å². The summed E-state index contributed by atoms with van der Waals surface area (Å²) in [4.78, 5) is 36.9. The van der Waals surface area contributed by atoms with Gasteiger partial charge in [-0.05, 0) is 37.4 Å². The van der Waals surface area contributed by atoms with Gasteiger partial charge in [0.05, 0.1) is 11.8 Å². The maximum Gasteiger partial charge on any atom is 0.454 e. The Bertz CT molecular complexity index is 1370. The predicted octanol–water partition coefficient (Wildman–Crippen LogP) is 4.21. The fraction of sp³-hybridized carbons (Fsp3) is 0.357. The Balaban J connectivity index is 0.000000557. The van der Waals surface area contributed by atoms with Gasteiger partial charge in [0, 0.05) is 37.0 Å². The molecule has 0 radical (unpaired) electrons. The van der Waals surface area contributed by atoms with Crippen LogP contribution in [0.25, 0.3) is 11.3 Å². The van der Waals surface area contributed by atoms with Crippen molar-refractivity contribution < 1.29 is 42.5 Å². The van der Waals surface area contributed by atoms with E-state index in [0.717, 1.165) is 50.3 Å². The van der Waals surface area contributed by atoms with Crippen molar-refractivity contribution in [2.24, 2.45) is 0 Å². The van der Waals surface area contributed by atoms with Gasteiger partial charge in [-0.25, -0.2) is 14.6 Å². The number of rotatable bonds is 4. The van der Waals surface area contributed by atoms with Crippen LogP contribution in [-0.2, 0) is 27.3 Å². The van der Waals surface area contributed by atoms with Gasteiger partial charge in [0.25, 0.3) is 5.78 Å². The molecule has 1 atom stereocenters. The summed E-state index contributed by atoms with van der Waals surface area (Å²) in [5.74, 6) is -4.69. The molecule has 5 rings (SSSR count). The first kappa shape index (κ1) is 29.0. The summed E-state index contributed by atoms with van der Waals surface area (Å²) in [6.07, 6.45) is -0.396. The lowest BCUT2D eigenvalue weighted by molar-refractivity contribution is -0.159. The first-order valence-corrected chi connectivity index (χ1v) is 12.6. The number of piperidine rings is 1. The summed E-state index contributed by atoms with van der Waals surface area (Å²) >= 11 is 0. The molecule has 0 bridgehead atoms. The molecule has 0 aliphatic carbocycles. The average Bonchev–Trinajstić information content (AvgIpc) is 3.29. The number of aromatic nitrogens is 2. The molecule has 1 unspecified atom stereocenters. The number of hydrogen-bond donors (Lipinski definition) is 2. The van der Waals surface area contributed by atoms with Gasteiger partial charge in [-0.3, -0.25) is 4.79 Å². The minimum Gasteiger partial charge on any atom is -0.473 e. The number of ether oxygens (including phenoxy) is 1. The van der Waals surface area contributed by atoms with Crippen LogP contribution in [0.5, 0.6) is 0 Å². The van der Waals surface area contributed by atoms with Gasteiger partial charge in [0.2, 0.25) is 0 Å². The lowest BCUT2D eigenvalue weighted by Crippen LogP contribution is -2.35. The van der Waals surface area contributed by atoms with Crippen molar-refractivity contribution in [3.8, 4) is 11.3 Å². The van der Waals surface area contributed by atoms with Crippen LogP contribution in [0, 0.1) is 0 Å². The van der Waals surface area contributed by atoms with Crippen LogP contribution in [0.3, 0.4) is 0 Å². The largest absolute Gasteiger partial charge is 0.473 e. The van der Waals surface area contributed by atoms with Crippen molar-refractivity contribution in [2.45, 2.75) is 44.2 Å². The summed E-state index contributed by atoms with van der Waals surface area (Å²) in [6.45, 7) is 2.71. The zero-order valence-electron chi connectivity index (χ0n) is 21.6. The number of fused-ring (bicyclic) bond motifs is 2. The minimum absolute atomic E-state index is 0.133. The molecule has 40 heavy (non-hydrogen) atoms. The van der Waals surface area contributed by atoms with Gasteiger partial charge >= 0.3 is 18.1 Å². The minimum atomic E-state index is -4.89. The van der Waals surface area contributed by atoms with Crippen molar-refractivity contribution in [2.75, 3.05) is 20.1 Å². The molecule has 1 fully saturated rings. The van der Waals surface area contributed by atoms with E-state index in [-0.39, 0.29) is 17.8 Å². The summed E-state index contributed by atoms with van der Waals surface area (Å²) in [7, 11) is 2.11. The summed E-state index contributed by atoms with van der Waals surface area (Å²) in [5.41, 5.74) is 3.28. The molecule has 2 N–H and O–H groups in total. The molecule has 212 valence electrons. The number of nitrogens with zero attached hydrogens (tertiary/aromatic N) is 3. The van der Waals surface area contributed by atoms with Crippen molar-refractivity contribution in [1.29, 1.82) is 0 Å². The highest BCUT2D eigenvalue weighted by molar-refractivity contribution is 6.27. The maximum absolute atomic E-state index is 12.7. The van der Waals surface area contributed by atoms with Crippen LogP contribution in [-0.4, -0.2) is 74.8 Å². The first-order valence-electron chi connectivity index (χ1n) is 12.6. The number of Topliss-reactive ketones (excluding diaryl/α,β-unsaturated/α-hetero) is 1. The fourth-order valence-corrected chi connectivity index (χ4v) is 4.76. The molecule has 0 saturated carbocycles. The van der Waals surface area contributed by atoms with Crippen LogP contribution >= 0.6 is 0 Å². The van der Waals surface area contributed by atoms with Crippen molar-refractivity contribution >= 4 is 17.7 Å². The van der Waals surface area contributed by atoms with E-state index in [4.69, 9.17) is 29.5 Å². The third-order valence-electron chi connectivity index (χ3n) is 6.88.